The smallest absolute Gasteiger partial charge is 0.271 e. The highest BCUT2D eigenvalue weighted by atomic mass is 32.2. The second kappa shape index (κ2) is 8.17. The van der Waals surface area contributed by atoms with E-state index in [4.69, 9.17) is 0 Å². The SMILES string of the molecule is CCN(c1ccc(C(=O)Nc2cc([N+](=O)[O-])ccc2C)cc1)S(=O)(=O)CC. The van der Waals surface area contributed by atoms with Crippen molar-refractivity contribution >= 4 is 33.0 Å². The zero-order valence-electron chi connectivity index (χ0n) is 15.3. The maximum atomic E-state index is 12.4. The Bertz CT molecular complexity index is 955. The van der Waals surface area contributed by atoms with Gasteiger partial charge >= 0.3 is 0 Å². The molecule has 9 heteroatoms. The van der Waals surface area contributed by atoms with E-state index in [0.717, 1.165) is 0 Å². The minimum absolute atomic E-state index is 0.0187. The average Bonchev–Trinajstić information content (AvgIpc) is 2.64. The van der Waals surface area contributed by atoms with Crippen LogP contribution in [0.25, 0.3) is 0 Å². The summed E-state index contributed by atoms with van der Waals surface area (Å²) in [5.74, 6) is -0.457. The average molecular weight is 391 g/mol. The molecule has 0 radical (unpaired) electrons. The van der Waals surface area contributed by atoms with Crippen LogP contribution < -0.4 is 9.62 Å². The van der Waals surface area contributed by atoms with Gasteiger partial charge < -0.3 is 5.32 Å². The van der Waals surface area contributed by atoms with Crippen molar-refractivity contribution in [3.8, 4) is 0 Å². The number of nitro benzene ring substituents is 1. The summed E-state index contributed by atoms with van der Waals surface area (Å²) in [5, 5.41) is 13.5. The Morgan fingerprint density at radius 3 is 2.30 bits per heavy atom. The summed E-state index contributed by atoms with van der Waals surface area (Å²) in [6, 6.07) is 10.4. The zero-order chi connectivity index (χ0) is 20.2. The predicted octanol–water partition coefficient (Wildman–Crippen LogP) is 3.33. The van der Waals surface area contributed by atoms with Gasteiger partial charge in [-0.25, -0.2) is 8.42 Å². The monoisotopic (exact) mass is 391 g/mol. The number of carbonyl (C=O) groups excluding carboxylic acids is 1. The molecule has 27 heavy (non-hydrogen) atoms. The largest absolute Gasteiger partial charge is 0.321 e. The van der Waals surface area contributed by atoms with Crippen molar-refractivity contribution in [1.82, 2.24) is 0 Å². The van der Waals surface area contributed by atoms with Crippen LogP contribution in [0.5, 0.6) is 0 Å². The standard InChI is InChI=1S/C18H21N3O5S/c1-4-20(27(25,26)5-2)15-10-7-14(8-11-15)18(22)19-17-12-16(21(23)24)9-6-13(17)3/h6-12H,4-5H2,1-3H3,(H,19,22). The molecular formula is C18H21N3O5S. The van der Waals surface area contributed by atoms with Gasteiger partial charge in [-0.05, 0) is 50.6 Å². The van der Waals surface area contributed by atoms with Crippen LogP contribution in [0.3, 0.4) is 0 Å². The fourth-order valence-electron chi connectivity index (χ4n) is 2.53. The minimum atomic E-state index is -3.39. The number of aryl methyl sites for hydroxylation is 1. The summed E-state index contributed by atoms with van der Waals surface area (Å²) >= 11 is 0. The lowest BCUT2D eigenvalue weighted by atomic mass is 10.1. The van der Waals surface area contributed by atoms with Crippen LogP contribution in [0.2, 0.25) is 0 Å². The molecule has 144 valence electrons. The number of non-ortho nitro benzene ring substituents is 1. The number of amides is 1. The summed E-state index contributed by atoms with van der Waals surface area (Å²) in [6.45, 7) is 5.33. The van der Waals surface area contributed by atoms with Crippen LogP contribution in [-0.4, -0.2) is 31.5 Å². The van der Waals surface area contributed by atoms with Crippen molar-refractivity contribution in [2.75, 3.05) is 21.9 Å². The van der Waals surface area contributed by atoms with Crippen LogP contribution >= 0.6 is 0 Å². The Morgan fingerprint density at radius 2 is 1.78 bits per heavy atom. The molecule has 0 aromatic heterocycles. The number of sulfonamides is 1. The number of anilines is 2. The van der Waals surface area contributed by atoms with Gasteiger partial charge in [-0.3, -0.25) is 19.2 Å². The zero-order valence-corrected chi connectivity index (χ0v) is 16.1. The lowest BCUT2D eigenvalue weighted by Crippen LogP contribution is -2.32. The van der Waals surface area contributed by atoms with Gasteiger partial charge in [0.15, 0.2) is 0 Å². The van der Waals surface area contributed by atoms with E-state index >= 15 is 0 Å². The Labute approximate surface area is 158 Å². The quantitative estimate of drug-likeness (QED) is 0.575. The Balaban J connectivity index is 2.24. The van der Waals surface area contributed by atoms with Gasteiger partial charge in [0.1, 0.15) is 0 Å². The number of hydrogen-bond donors (Lipinski definition) is 1. The van der Waals surface area contributed by atoms with E-state index in [0.29, 0.717) is 22.5 Å². The molecule has 0 fully saturated rings. The second-order valence-corrected chi connectivity index (χ2v) is 8.00. The number of nitrogens with one attached hydrogen (secondary N) is 1. The Kier molecular flexibility index (Phi) is 6.17. The fraction of sp³-hybridized carbons (Fsp3) is 0.278. The van der Waals surface area contributed by atoms with Gasteiger partial charge in [-0.15, -0.1) is 0 Å². The third kappa shape index (κ3) is 4.62. The number of benzene rings is 2. The molecule has 0 unspecified atom stereocenters. The Hall–Kier alpha value is -2.94. The van der Waals surface area contributed by atoms with Crippen LogP contribution in [0, 0.1) is 17.0 Å². The number of nitro groups is 1. The number of rotatable bonds is 7. The van der Waals surface area contributed by atoms with Crippen molar-refractivity contribution in [3.05, 3.63) is 63.7 Å². The molecule has 1 amide bonds. The topological polar surface area (TPSA) is 110 Å². The van der Waals surface area contributed by atoms with Crippen molar-refractivity contribution in [1.29, 1.82) is 0 Å². The first-order valence-corrected chi connectivity index (χ1v) is 9.97. The third-order valence-corrected chi connectivity index (χ3v) is 5.96. The molecule has 0 saturated carbocycles. The summed E-state index contributed by atoms with van der Waals surface area (Å²) < 4.78 is 25.5. The molecule has 8 nitrogen and oxygen atoms in total. The van der Waals surface area contributed by atoms with E-state index in [1.165, 1.54) is 28.6 Å². The van der Waals surface area contributed by atoms with Gasteiger partial charge in [0, 0.05) is 24.2 Å². The van der Waals surface area contributed by atoms with E-state index < -0.39 is 20.9 Å². The molecule has 2 aromatic carbocycles. The summed E-state index contributed by atoms with van der Waals surface area (Å²) in [7, 11) is -3.39. The third-order valence-electron chi connectivity index (χ3n) is 4.09. The summed E-state index contributed by atoms with van der Waals surface area (Å²) in [4.78, 5) is 22.8. The molecule has 2 rings (SSSR count). The van der Waals surface area contributed by atoms with E-state index in [9.17, 15) is 23.3 Å². The maximum absolute atomic E-state index is 12.4. The highest BCUT2D eigenvalue weighted by Crippen LogP contribution is 2.23. The van der Waals surface area contributed by atoms with Crippen LogP contribution in [0.4, 0.5) is 17.1 Å². The highest BCUT2D eigenvalue weighted by molar-refractivity contribution is 7.92. The van der Waals surface area contributed by atoms with Crippen molar-refractivity contribution in [2.45, 2.75) is 20.8 Å². The van der Waals surface area contributed by atoms with Gasteiger partial charge in [-0.2, -0.15) is 0 Å². The predicted molar refractivity (Wildman–Crippen MR) is 105 cm³/mol. The van der Waals surface area contributed by atoms with Crippen LogP contribution in [-0.2, 0) is 10.0 Å². The van der Waals surface area contributed by atoms with Gasteiger partial charge in [0.25, 0.3) is 11.6 Å². The second-order valence-electron chi connectivity index (χ2n) is 5.82. The van der Waals surface area contributed by atoms with Crippen molar-refractivity contribution in [3.63, 3.8) is 0 Å². The normalized spacial score (nSPS) is 11.1. The molecule has 0 spiro atoms. The molecule has 0 aliphatic rings. The first-order valence-electron chi connectivity index (χ1n) is 8.36. The number of hydrogen-bond acceptors (Lipinski definition) is 5. The van der Waals surface area contributed by atoms with E-state index in [1.807, 2.05) is 0 Å². The van der Waals surface area contributed by atoms with Gasteiger partial charge in [-0.1, -0.05) is 6.07 Å². The molecule has 0 atom stereocenters. The van der Waals surface area contributed by atoms with Crippen molar-refractivity contribution in [2.24, 2.45) is 0 Å². The molecule has 2 aromatic rings. The maximum Gasteiger partial charge on any atom is 0.271 e. The summed E-state index contributed by atoms with van der Waals surface area (Å²) in [5.41, 5.74) is 1.71. The molecule has 0 aliphatic carbocycles. The first kappa shape index (κ1) is 20.4. The molecular weight excluding hydrogens is 370 g/mol. The highest BCUT2D eigenvalue weighted by Gasteiger charge is 2.19. The van der Waals surface area contributed by atoms with Gasteiger partial charge in [0.05, 0.1) is 22.1 Å². The van der Waals surface area contributed by atoms with E-state index in [-0.39, 0.29) is 18.0 Å². The lowest BCUT2D eigenvalue weighted by Gasteiger charge is -2.22. The molecule has 0 aliphatic heterocycles. The van der Waals surface area contributed by atoms with Gasteiger partial charge in [0.2, 0.25) is 10.0 Å². The summed E-state index contributed by atoms with van der Waals surface area (Å²) in [6.07, 6.45) is 0. The number of nitrogens with zero attached hydrogens (tertiary/aromatic N) is 2. The van der Waals surface area contributed by atoms with Crippen molar-refractivity contribution < 1.29 is 18.1 Å². The molecule has 0 bridgehead atoms. The van der Waals surface area contributed by atoms with Crippen LogP contribution in [0.15, 0.2) is 42.5 Å². The lowest BCUT2D eigenvalue weighted by molar-refractivity contribution is -0.384. The number of carbonyl (C=O) groups is 1. The first-order chi connectivity index (χ1) is 12.7. The Morgan fingerprint density at radius 1 is 1.15 bits per heavy atom. The molecule has 0 heterocycles. The fourth-order valence-corrected chi connectivity index (χ4v) is 3.68. The molecule has 0 saturated heterocycles. The molecule has 1 N–H and O–H groups in total. The van der Waals surface area contributed by atoms with E-state index in [1.54, 1.807) is 39.0 Å². The minimum Gasteiger partial charge on any atom is -0.321 e. The van der Waals surface area contributed by atoms with Crippen LogP contribution in [0.1, 0.15) is 29.8 Å². The van der Waals surface area contributed by atoms with E-state index in [2.05, 4.69) is 5.32 Å².